The topological polar surface area (TPSA) is 31.0 Å². The van der Waals surface area contributed by atoms with Crippen LogP contribution in [0.4, 0.5) is 0 Å². The third kappa shape index (κ3) is 3.52. The summed E-state index contributed by atoms with van der Waals surface area (Å²) in [5, 5.41) is 0. The van der Waals surface area contributed by atoms with E-state index in [1.54, 1.807) is 11.8 Å². The first kappa shape index (κ1) is 16.2. The molecular formula is C20H22O3S. The van der Waals surface area contributed by atoms with Crippen molar-refractivity contribution in [3.8, 4) is 0 Å². The SMILES string of the molecule is Cc1ccc(S[C@H]2O[C@H](C)[C@@H](OCc3ccccc3)[C@@H]3O[C@@H]32)cc1. The lowest BCUT2D eigenvalue weighted by atomic mass is 10.1. The highest BCUT2D eigenvalue weighted by Crippen LogP contribution is 2.45. The highest BCUT2D eigenvalue weighted by atomic mass is 32.2. The van der Waals surface area contributed by atoms with E-state index in [2.05, 4.69) is 50.2 Å². The minimum Gasteiger partial charge on any atom is -0.368 e. The van der Waals surface area contributed by atoms with Crippen molar-refractivity contribution in [3.05, 3.63) is 65.7 Å². The van der Waals surface area contributed by atoms with Crippen LogP contribution in [0, 0.1) is 6.92 Å². The Morgan fingerprint density at radius 3 is 2.46 bits per heavy atom. The lowest BCUT2D eigenvalue weighted by Crippen LogP contribution is -2.43. The number of hydrogen-bond donors (Lipinski definition) is 0. The third-order valence-corrected chi connectivity index (χ3v) is 5.68. The summed E-state index contributed by atoms with van der Waals surface area (Å²) in [5.41, 5.74) is 2.49. The molecule has 3 nitrogen and oxygen atoms in total. The molecule has 0 radical (unpaired) electrons. The van der Waals surface area contributed by atoms with Gasteiger partial charge in [0.1, 0.15) is 23.7 Å². The molecule has 2 aromatic carbocycles. The number of epoxide rings is 1. The van der Waals surface area contributed by atoms with Gasteiger partial charge in [0.25, 0.3) is 0 Å². The smallest absolute Gasteiger partial charge is 0.136 e. The van der Waals surface area contributed by atoms with Gasteiger partial charge < -0.3 is 14.2 Å². The molecule has 5 atom stereocenters. The van der Waals surface area contributed by atoms with Gasteiger partial charge in [-0.1, -0.05) is 59.8 Å². The van der Waals surface area contributed by atoms with Crippen molar-refractivity contribution < 1.29 is 14.2 Å². The number of benzene rings is 2. The number of fused-ring (bicyclic) bond motifs is 1. The van der Waals surface area contributed by atoms with E-state index in [-0.39, 0.29) is 29.9 Å². The molecule has 2 aliphatic rings. The Labute approximate surface area is 147 Å². The number of ether oxygens (including phenoxy) is 3. The fraction of sp³-hybridized carbons (Fsp3) is 0.400. The molecule has 4 heteroatoms. The van der Waals surface area contributed by atoms with Crippen LogP contribution in [0.2, 0.25) is 0 Å². The van der Waals surface area contributed by atoms with Gasteiger partial charge in [0.05, 0.1) is 12.7 Å². The van der Waals surface area contributed by atoms with Crippen LogP contribution in [0.25, 0.3) is 0 Å². The minimum absolute atomic E-state index is 0.00470. The maximum absolute atomic E-state index is 6.19. The van der Waals surface area contributed by atoms with Crippen LogP contribution in [-0.2, 0) is 20.8 Å². The quantitative estimate of drug-likeness (QED) is 0.763. The zero-order chi connectivity index (χ0) is 16.5. The molecule has 0 bridgehead atoms. The highest BCUT2D eigenvalue weighted by molar-refractivity contribution is 7.99. The van der Waals surface area contributed by atoms with Crippen molar-refractivity contribution in [3.63, 3.8) is 0 Å². The lowest BCUT2D eigenvalue weighted by molar-refractivity contribution is -0.0986. The number of rotatable bonds is 5. The first-order valence-electron chi connectivity index (χ1n) is 8.40. The summed E-state index contributed by atoms with van der Waals surface area (Å²) in [7, 11) is 0. The predicted molar refractivity (Wildman–Crippen MR) is 95.1 cm³/mol. The van der Waals surface area contributed by atoms with E-state index in [0.717, 1.165) is 0 Å². The summed E-state index contributed by atoms with van der Waals surface area (Å²) in [5.74, 6) is 0. The zero-order valence-corrected chi connectivity index (χ0v) is 14.7. The molecule has 4 rings (SSSR count). The Balaban J connectivity index is 1.35. The molecule has 0 N–H and O–H groups in total. The maximum atomic E-state index is 6.19. The van der Waals surface area contributed by atoms with Gasteiger partial charge >= 0.3 is 0 Å². The lowest BCUT2D eigenvalue weighted by Gasteiger charge is -2.31. The molecule has 126 valence electrons. The summed E-state index contributed by atoms with van der Waals surface area (Å²) in [6.45, 7) is 4.78. The Kier molecular flexibility index (Phi) is 4.63. The molecule has 0 amide bonds. The van der Waals surface area contributed by atoms with Gasteiger partial charge in [-0.25, -0.2) is 0 Å². The second kappa shape index (κ2) is 6.89. The second-order valence-electron chi connectivity index (χ2n) is 6.47. The van der Waals surface area contributed by atoms with Gasteiger partial charge in [0.15, 0.2) is 0 Å². The van der Waals surface area contributed by atoms with Crippen LogP contribution in [0.1, 0.15) is 18.1 Å². The molecule has 2 aliphatic heterocycles. The van der Waals surface area contributed by atoms with Gasteiger partial charge in [0, 0.05) is 4.90 Å². The van der Waals surface area contributed by atoms with Crippen molar-refractivity contribution in [2.75, 3.05) is 0 Å². The first-order valence-corrected chi connectivity index (χ1v) is 9.28. The molecule has 2 aromatic rings. The highest BCUT2D eigenvalue weighted by Gasteiger charge is 2.57. The van der Waals surface area contributed by atoms with E-state index >= 15 is 0 Å². The molecule has 0 spiro atoms. The first-order chi connectivity index (χ1) is 11.7. The van der Waals surface area contributed by atoms with Gasteiger partial charge in [-0.3, -0.25) is 0 Å². The van der Waals surface area contributed by atoms with E-state index in [1.165, 1.54) is 16.0 Å². The summed E-state index contributed by atoms with van der Waals surface area (Å²) < 4.78 is 18.2. The van der Waals surface area contributed by atoms with Crippen molar-refractivity contribution in [1.82, 2.24) is 0 Å². The van der Waals surface area contributed by atoms with Crippen LogP contribution in [-0.4, -0.2) is 29.9 Å². The van der Waals surface area contributed by atoms with Gasteiger partial charge in [-0.05, 0) is 31.5 Å². The average molecular weight is 342 g/mol. The average Bonchev–Trinajstić information content (AvgIpc) is 3.38. The summed E-state index contributed by atoms with van der Waals surface area (Å²) in [6, 6.07) is 18.8. The van der Waals surface area contributed by atoms with Crippen molar-refractivity contribution in [2.24, 2.45) is 0 Å². The van der Waals surface area contributed by atoms with Crippen LogP contribution in [0.5, 0.6) is 0 Å². The molecule has 2 fully saturated rings. The van der Waals surface area contributed by atoms with E-state index in [0.29, 0.717) is 6.61 Å². The Bertz CT molecular complexity index is 671. The van der Waals surface area contributed by atoms with Gasteiger partial charge in [-0.2, -0.15) is 0 Å². The number of hydrogen-bond acceptors (Lipinski definition) is 4. The molecule has 0 saturated carbocycles. The van der Waals surface area contributed by atoms with Crippen molar-refractivity contribution in [1.29, 1.82) is 0 Å². The van der Waals surface area contributed by atoms with E-state index in [1.807, 2.05) is 18.2 Å². The third-order valence-electron chi connectivity index (χ3n) is 4.52. The molecule has 0 aromatic heterocycles. The fourth-order valence-electron chi connectivity index (χ4n) is 3.10. The molecule has 0 unspecified atom stereocenters. The molecular weight excluding hydrogens is 320 g/mol. The number of thioether (sulfide) groups is 1. The summed E-state index contributed by atoms with van der Waals surface area (Å²) in [6.07, 6.45) is 0.319. The van der Waals surface area contributed by atoms with Gasteiger partial charge in [0.2, 0.25) is 0 Å². The molecule has 0 aliphatic carbocycles. The standard InChI is InChI=1S/C20H22O3S/c1-13-8-10-16(11-9-13)24-20-19-18(23-19)17(14(2)22-20)21-12-15-6-4-3-5-7-15/h3-11,14,17-20H,12H2,1-2H3/t14-,17-,18+,19+,20-/m1/s1. The summed E-state index contributed by atoms with van der Waals surface area (Å²) >= 11 is 1.74. The van der Waals surface area contributed by atoms with E-state index in [9.17, 15) is 0 Å². The second-order valence-corrected chi connectivity index (χ2v) is 7.64. The monoisotopic (exact) mass is 342 g/mol. The van der Waals surface area contributed by atoms with Crippen molar-refractivity contribution >= 4 is 11.8 Å². The van der Waals surface area contributed by atoms with E-state index < -0.39 is 0 Å². The molecule has 2 saturated heterocycles. The Morgan fingerprint density at radius 2 is 1.71 bits per heavy atom. The maximum Gasteiger partial charge on any atom is 0.136 e. The van der Waals surface area contributed by atoms with Crippen LogP contribution >= 0.6 is 11.8 Å². The Morgan fingerprint density at radius 1 is 0.958 bits per heavy atom. The minimum atomic E-state index is 0.00470. The predicted octanol–water partition coefficient (Wildman–Crippen LogP) is 4.18. The van der Waals surface area contributed by atoms with Crippen LogP contribution in [0.15, 0.2) is 59.5 Å². The van der Waals surface area contributed by atoms with Crippen LogP contribution in [0.3, 0.4) is 0 Å². The normalized spacial score (nSPS) is 31.5. The molecule has 2 heterocycles. The van der Waals surface area contributed by atoms with Gasteiger partial charge in [-0.15, -0.1) is 0 Å². The van der Waals surface area contributed by atoms with Crippen molar-refractivity contribution in [2.45, 2.75) is 55.2 Å². The number of aryl methyl sites for hydroxylation is 1. The summed E-state index contributed by atoms with van der Waals surface area (Å²) in [4.78, 5) is 1.22. The molecule has 24 heavy (non-hydrogen) atoms. The van der Waals surface area contributed by atoms with E-state index in [4.69, 9.17) is 14.2 Å². The van der Waals surface area contributed by atoms with Crippen LogP contribution < -0.4 is 0 Å². The fourth-order valence-corrected chi connectivity index (χ4v) is 4.24. The zero-order valence-electron chi connectivity index (χ0n) is 13.9. The largest absolute Gasteiger partial charge is 0.368 e. The Hall–Kier alpha value is -1.33.